The maximum Gasteiger partial charge on any atom is 0.423 e. The van der Waals surface area contributed by atoms with E-state index in [1.165, 1.54) is 25.4 Å². The Hall–Kier alpha value is -2.65. The second-order valence-corrected chi connectivity index (χ2v) is 10.5. The van der Waals surface area contributed by atoms with Crippen molar-refractivity contribution in [3.63, 3.8) is 0 Å². The van der Waals surface area contributed by atoms with E-state index >= 15 is 0 Å². The average molecular weight is 521 g/mol. The summed E-state index contributed by atoms with van der Waals surface area (Å²) in [5.41, 5.74) is -2.53. The second kappa shape index (κ2) is 9.43. The molecule has 4 atom stereocenters. The van der Waals surface area contributed by atoms with Crippen LogP contribution in [0.5, 0.6) is 5.88 Å². The monoisotopic (exact) mass is 520 g/mol. The molecule has 15 heteroatoms. The summed E-state index contributed by atoms with van der Waals surface area (Å²) in [6.45, 7) is 0.898. The summed E-state index contributed by atoms with van der Waals surface area (Å²) in [6.07, 6.45) is -3.08. The molecular weight excluding hydrogens is 496 g/mol. The van der Waals surface area contributed by atoms with Gasteiger partial charge >= 0.3 is 6.18 Å². The van der Waals surface area contributed by atoms with Gasteiger partial charge in [-0.25, -0.2) is 27.8 Å². The van der Waals surface area contributed by atoms with Crippen LogP contribution in [0.3, 0.4) is 0 Å². The molecule has 2 aliphatic rings. The normalized spacial score (nSPS) is 28.1. The molecule has 35 heavy (non-hydrogen) atoms. The van der Waals surface area contributed by atoms with Gasteiger partial charge in [-0.2, -0.15) is 22.5 Å². The van der Waals surface area contributed by atoms with Gasteiger partial charge in [-0.05, 0) is 38.7 Å². The van der Waals surface area contributed by atoms with Crippen LogP contribution in [-0.2, 0) is 16.2 Å². The Morgan fingerprint density at radius 2 is 1.94 bits per heavy atom. The molecule has 1 saturated heterocycles. The van der Waals surface area contributed by atoms with Gasteiger partial charge in [-0.15, -0.1) is 0 Å². The maximum atomic E-state index is 14.9. The first-order valence-corrected chi connectivity index (χ1v) is 12.3. The lowest BCUT2D eigenvalue weighted by Crippen LogP contribution is -2.50. The van der Waals surface area contributed by atoms with E-state index in [2.05, 4.69) is 25.3 Å². The van der Waals surface area contributed by atoms with Crippen molar-refractivity contribution in [3.8, 4) is 5.88 Å². The number of anilines is 1. The minimum absolute atomic E-state index is 0.00879. The van der Waals surface area contributed by atoms with Gasteiger partial charge in [-0.1, -0.05) is 0 Å². The van der Waals surface area contributed by atoms with Gasteiger partial charge in [0.15, 0.2) is 0 Å². The van der Waals surface area contributed by atoms with Gasteiger partial charge in [0.05, 0.1) is 11.6 Å². The quantitative estimate of drug-likeness (QED) is 0.435. The van der Waals surface area contributed by atoms with E-state index in [1.54, 1.807) is 0 Å². The van der Waals surface area contributed by atoms with Crippen molar-refractivity contribution in [2.24, 2.45) is 0 Å². The van der Waals surface area contributed by atoms with Gasteiger partial charge < -0.3 is 15.2 Å². The number of aliphatic hydroxyl groups is 1. The van der Waals surface area contributed by atoms with E-state index in [-0.39, 0.29) is 18.9 Å². The molecule has 0 aromatic carbocycles. The van der Waals surface area contributed by atoms with E-state index in [4.69, 9.17) is 4.74 Å². The largest absolute Gasteiger partial charge is 0.471 e. The van der Waals surface area contributed by atoms with Gasteiger partial charge in [0.2, 0.25) is 11.8 Å². The molecule has 4 unspecified atom stereocenters. The zero-order chi connectivity index (χ0) is 25.4. The van der Waals surface area contributed by atoms with Crippen LogP contribution in [0.1, 0.15) is 38.2 Å². The maximum absolute atomic E-state index is 14.9. The zero-order valence-corrected chi connectivity index (χ0v) is 19.4. The number of rotatable bonds is 6. The lowest BCUT2D eigenvalue weighted by molar-refractivity contribution is -0.141. The van der Waals surface area contributed by atoms with Crippen LogP contribution in [0.15, 0.2) is 29.8 Å². The Kier molecular flexibility index (Phi) is 6.85. The van der Waals surface area contributed by atoms with Gasteiger partial charge in [0, 0.05) is 31.7 Å². The highest BCUT2D eigenvalue weighted by Crippen LogP contribution is 2.39. The summed E-state index contributed by atoms with van der Waals surface area (Å²) in [7, 11) is -4.10. The van der Waals surface area contributed by atoms with Crippen LogP contribution in [0.4, 0.5) is 23.5 Å². The second-order valence-electron chi connectivity index (χ2n) is 8.72. The summed E-state index contributed by atoms with van der Waals surface area (Å²) in [4.78, 5) is 14.9. The zero-order valence-electron chi connectivity index (χ0n) is 18.6. The molecule has 1 aliphatic carbocycles. The number of hydrogen-bond acceptors (Lipinski definition) is 9. The molecule has 1 saturated carbocycles. The summed E-state index contributed by atoms with van der Waals surface area (Å²) in [6, 6.07) is 0.487. The minimum Gasteiger partial charge on any atom is -0.471 e. The third-order valence-corrected chi connectivity index (χ3v) is 7.77. The number of halogens is 4. The average Bonchev–Trinajstić information content (AvgIpc) is 3.12. The summed E-state index contributed by atoms with van der Waals surface area (Å²) >= 11 is 0. The predicted octanol–water partition coefficient (Wildman–Crippen LogP) is 2.18. The van der Waals surface area contributed by atoms with E-state index < -0.39 is 63.3 Å². The van der Waals surface area contributed by atoms with Gasteiger partial charge in [0.1, 0.15) is 17.8 Å². The highest BCUT2D eigenvalue weighted by molar-refractivity contribution is 7.88. The number of hydrogen-bond donors (Lipinski definition) is 2. The molecule has 2 aromatic heterocycles. The van der Waals surface area contributed by atoms with Crippen molar-refractivity contribution >= 4 is 16.0 Å². The predicted molar refractivity (Wildman–Crippen MR) is 114 cm³/mol. The first kappa shape index (κ1) is 25.4. The summed E-state index contributed by atoms with van der Waals surface area (Å²) in [5, 5.41) is 12.6. The van der Waals surface area contributed by atoms with Crippen molar-refractivity contribution in [1.82, 2.24) is 24.2 Å². The first-order valence-electron chi connectivity index (χ1n) is 10.9. The summed E-state index contributed by atoms with van der Waals surface area (Å²) < 4.78 is 87.0. The third kappa shape index (κ3) is 5.46. The Labute approximate surface area is 198 Å². The molecule has 0 amide bonds. The van der Waals surface area contributed by atoms with Crippen LogP contribution in [0.2, 0.25) is 0 Å². The molecule has 2 fully saturated rings. The minimum atomic E-state index is -4.81. The fourth-order valence-electron chi connectivity index (χ4n) is 4.12. The fraction of sp³-hybridized carbons (Fsp3) is 0.600. The van der Waals surface area contributed by atoms with E-state index in [0.29, 0.717) is 25.5 Å². The fourth-order valence-corrected chi connectivity index (χ4v) is 5.42. The van der Waals surface area contributed by atoms with Crippen LogP contribution >= 0.6 is 0 Å². The van der Waals surface area contributed by atoms with Crippen LogP contribution < -0.4 is 10.1 Å². The van der Waals surface area contributed by atoms with Gasteiger partial charge in [0.25, 0.3) is 15.2 Å². The lowest BCUT2D eigenvalue weighted by Gasteiger charge is -2.33. The number of alkyl halides is 4. The SMILES string of the molecule is CC1(O)CCCC1Oc1nc(NC2CCN(S(=O)(=O)c3ncccn3)CC2F)ncc1C(F)(F)F. The van der Waals surface area contributed by atoms with Crippen molar-refractivity contribution < 1.29 is 35.8 Å². The molecular formula is C20H24F4N6O4S. The van der Waals surface area contributed by atoms with Gasteiger partial charge in [-0.3, -0.25) is 0 Å². The van der Waals surface area contributed by atoms with E-state index in [0.717, 1.165) is 4.31 Å². The topological polar surface area (TPSA) is 130 Å². The van der Waals surface area contributed by atoms with Crippen molar-refractivity contribution in [2.75, 3.05) is 18.4 Å². The van der Waals surface area contributed by atoms with Crippen molar-refractivity contribution in [2.45, 2.75) is 67.9 Å². The molecule has 3 heterocycles. The first-order chi connectivity index (χ1) is 16.4. The number of sulfonamides is 1. The number of aromatic nitrogens is 4. The Balaban J connectivity index is 1.49. The molecule has 2 aromatic rings. The van der Waals surface area contributed by atoms with Crippen LogP contribution in [0, 0.1) is 0 Å². The molecule has 1 aliphatic heterocycles. The van der Waals surface area contributed by atoms with Crippen molar-refractivity contribution in [1.29, 1.82) is 0 Å². The molecule has 0 bridgehead atoms. The highest BCUT2D eigenvalue weighted by Gasteiger charge is 2.43. The molecule has 4 rings (SSSR count). The molecule has 192 valence electrons. The van der Waals surface area contributed by atoms with E-state index in [9.17, 15) is 31.1 Å². The third-order valence-electron chi connectivity index (χ3n) is 6.09. The highest BCUT2D eigenvalue weighted by atomic mass is 32.2. The number of piperidine rings is 1. The Morgan fingerprint density at radius 3 is 2.54 bits per heavy atom. The summed E-state index contributed by atoms with van der Waals surface area (Å²) in [5.74, 6) is -1.07. The molecule has 2 N–H and O–H groups in total. The lowest BCUT2D eigenvalue weighted by atomic mass is 10.0. The molecule has 0 spiro atoms. The van der Waals surface area contributed by atoms with Crippen LogP contribution in [0.25, 0.3) is 0 Å². The number of ether oxygens (including phenoxy) is 1. The van der Waals surface area contributed by atoms with Crippen molar-refractivity contribution in [3.05, 3.63) is 30.2 Å². The standard InChI is InChI=1S/C20H24F4N6O4S/c1-19(31)6-2-4-15(19)34-16-12(20(22,23)24)10-27-17(29-16)28-14-5-9-30(11-13(14)21)35(32,33)18-25-7-3-8-26-18/h3,7-8,10,13-15,31H,2,4-6,9,11H2,1H3,(H,27,28,29). The van der Waals surface area contributed by atoms with Crippen LogP contribution in [-0.4, -0.2) is 74.8 Å². The Morgan fingerprint density at radius 1 is 1.23 bits per heavy atom. The Bertz CT molecular complexity index is 1150. The smallest absolute Gasteiger partial charge is 0.423 e. The molecule has 10 nitrogen and oxygen atoms in total. The molecule has 0 radical (unpaired) electrons. The number of nitrogens with zero attached hydrogens (tertiary/aromatic N) is 5. The number of nitrogens with one attached hydrogen (secondary N) is 1. The van der Waals surface area contributed by atoms with E-state index in [1.807, 2.05) is 0 Å².